The van der Waals surface area contributed by atoms with Gasteiger partial charge in [-0.15, -0.1) is 11.6 Å². The molecule has 0 amide bonds. The second-order valence-corrected chi connectivity index (χ2v) is 9.46. The van der Waals surface area contributed by atoms with Gasteiger partial charge < -0.3 is 0 Å². The molecule has 0 saturated heterocycles. The van der Waals surface area contributed by atoms with Gasteiger partial charge in [0.2, 0.25) is 10.0 Å². The lowest BCUT2D eigenvalue weighted by Crippen LogP contribution is -2.53. The van der Waals surface area contributed by atoms with Crippen LogP contribution >= 0.6 is 11.6 Å². The van der Waals surface area contributed by atoms with Crippen LogP contribution in [-0.4, -0.2) is 25.6 Å². The topological polar surface area (TPSA) is 46.2 Å². The Morgan fingerprint density at radius 1 is 1.37 bits per heavy atom. The zero-order valence-electron chi connectivity index (χ0n) is 12.6. The van der Waals surface area contributed by atoms with Crippen LogP contribution in [0.5, 0.6) is 0 Å². The number of rotatable bonds is 5. The number of alkyl halides is 1. The third-order valence-corrected chi connectivity index (χ3v) is 5.84. The summed E-state index contributed by atoms with van der Waals surface area (Å²) in [7, 11) is -3.24. The molecule has 0 aliphatic heterocycles. The van der Waals surface area contributed by atoms with Gasteiger partial charge in [0.25, 0.3) is 0 Å². The molecule has 1 rings (SSSR count). The molecule has 1 aliphatic rings. The number of hydrogen-bond donors (Lipinski definition) is 1. The van der Waals surface area contributed by atoms with Gasteiger partial charge in [0.05, 0.1) is 5.75 Å². The van der Waals surface area contributed by atoms with Gasteiger partial charge in [0, 0.05) is 11.4 Å². The standard InChI is InChI=1S/C14H28ClNO2S/c1-12-6-5-7-14(10-12,11-15)16-19(17,18)9-8-13(2,3)4/h12,16H,5-11H2,1-4H3. The van der Waals surface area contributed by atoms with E-state index in [0.29, 0.717) is 18.2 Å². The van der Waals surface area contributed by atoms with E-state index in [1.54, 1.807) is 0 Å². The second-order valence-electron chi connectivity index (χ2n) is 7.35. The lowest BCUT2D eigenvalue weighted by atomic mass is 9.78. The van der Waals surface area contributed by atoms with Gasteiger partial charge in [0.1, 0.15) is 0 Å². The first-order valence-corrected chi connectivity index (χ1v) is 9.34. The fourth-order valence-corrected chi connectivity index (χ4v) is 5.01. The predicted molar refractivity (Wildman–Crippen MR) is 82.1 cm³/mol. The van der Waals surface area contributed by atoms with E-state index in [9.17, 15) is 8.42 Å². The zero-order chi connectivity index (χ0) is 14.7. The smallest absolute Gasteiger partial charge is 0.212 e. The van der Waals surface area contributed by atoms with E-state index in [2.05, 4.69) is 32.4 Å². The van der Waals surface area contributed by atoms with Crippen LogP contribution in [0.3, 0.4) is 0 Å². The summed E-state index contributed by atoms with van der Waals surface area (Å²) in [5.74, 6) is 1.09. The Kier molecular flexibility index (Phi) is 5.73. The third kappa shape index (κ3) is 6.01. The molecule has 3 nitrogen and oxygen atoms in total. The normalized spacial score (nSPS) is 29.4. The lowest BCUT2D eigenvalue weighted by Gasteiger charge is -2.39. The third-order valence-electron chi connectivity index (χ3n) is 3.84. The molecule has 1 N–H and O–H groups in total. The molecule has 1 aliphatic carbocycles. The molecule has 0 aromatic heterocycles. The van der Waals surface area contributed by atoms with Crippen molar-refractivity contribution in [3.05, 3.63) is 0 Å². The zero-order valence-corrected chi connectivity index (χ0v) is 14.2. The summed E-state index contributed by atoms with van der Waals surface area (Å²) in [6.07, 6.45) is 4.59. The van der Waals surface area contributed by atoms with Crippen molar-refractivity contribution in [2.75, 3.05) is 11.6 Å². The van der Waals surface area contributed by atoms with Crippen LogP contribution in [0.4, 0.5) is 0 Å². The molecule has 2 atom stereocenters. The van der Waals surface area contributed by atoms with Gasteiger partial charge in [-0.2, -0.15) is 0 Å². The van der Waals surface area contributed by atoms with Crippen molar-refractivity contribution in [1.82, 2.24) is 4.72 Å². The number of sulfonamides is 1. The van der Waals surface area contributed by atoms with E-state index in [0.717, 1.165) is 19.3 Å². The fraction of sp³-hybridized carbons (Fsp3) is 1.00. The summed E-state index contributed by atoms with van der Waals surface area (Å²) in [5.41, 5.74) is -0.390. The van der Waals surface area contributed by atoms with Crippen molar-refractivity contribution in [1.29, 1.82) is 0 Å². The summed E-state index contributed by atoms with van der Waals surface area (Å²) < 4.78 is 27.4. The molecule has 0 spiro atoms. The van der Waals surface area contributed by atoms with Crippen LogP contribution in [0.25, 0.3) is 0 Å². The largest absolute Gasteiger partial charge is 0.212 e. The van der Waals surface area contributed by atoms with Crippen molar-refractivity contribution < 1.29 is 8.42 Å². The summed E-state index contributed by atoms with van der Waals surface area (Å²) in [6.45, 7) is 8.34. The molecule has 2 unspecified atom stereocenters. The average Bonchev–Trinajstić information content (AvgIpc) is 2.25. The van der Waals surface area contributed by atoms with Crippen molar-refractivity contribution in [3.63, 3.8) is 0 Å². The first kappa shape index (κ1) is 17.3. The highest BCUT2D eigenvalue weighted by Crippen LogP contribution is 2.34. The molecule has 0 aromatic rings. The molecular weight excluding hydrogens is 282 g/mol. The van der Waals surface area contributed by atoms with Gasteiger partial charge in [-0.1, -0.05) is 40.5 Å². The predicted octanol–water partition coefficient (Wildman–Crippen LogP) is 3.53. The van der Waals surface area contributed by atoms with Crippen LogP contribution < -0.4 is 4.72 Å². The van der Waals surface area contributed by atoms with E-state index in [1.165, 1.54) is 6.42 Å². The van der Waals surface area contributed by atoms with E-state index in [-0.39, 0.29) is 11.2 Å². The molecule has 1 fully saturated rings. The Labute approximate surface area is 123 Å². The minimum absolute atomic E-state index is 0.0305. The highest BCUT2D eigenvalue weighted by atomic mass is 35.5. The Morgan fingerprint density at radius 2 is 2.00 bits per heavy atom. The molecule has 0 heterocycles. The molecule has 0 aromatic carbocycles. The maximum absolute atomic E-state index is 12.2. The maximum Gasteiger partial charge on any atom is 0.212 e. The van der Waals surface area contributed by atoms with Gasteiger partial charge in [-0.05, 0) is 30.6 Å². The summed E-state index contributed by atoms with van der Waals surface area (Å²) in [4.78, 5) is 0. The average molecular weight is 310 g/mol. The number of nitrogens with one attached hydrogen (secondary N) is 1. The van der Waals surface area contributed by atoms with Crippen molar-refractivity contribution in [3.8, 4) is 0 Å². The molecular formula is C14H28ClNO2S. The minimum atomic E-state index is -3.24. The van der Waals surface area contributed by atoms with Crippen LogP contribution in [0.1, 0.15) is 59.8 Å². The first-order valence-electron chi connectivity index (χ1n) is 7.15. The summed E-state index contributed by atoms with van der Waals surface area (Å²) in [5, 5.41) is 0. The highest BCUT2D eigenvalue weighted by Gasteiger charge is 2.37. The Hall–Kier alpha value is 0.200. The van der Waals surface area contributed by atoms with Crippen LogP contribution in [-0.2, 0) is 10.0 Å². The Morgan fingerprint density at radius 3 is 2.47 bits per heavy atom. The molecule has 5 heteroatoms. The van der Waals surface area contributed by atoms with Crippen LogP contribution in [0.2, 0.25) is 0 Å². The Bertz CT molecular complexity index is 389. The van der Waals surface area contributed by atoms with Crippen LogP contribution in [0.15, 0.2) is 0 Å². The van der Waals surface area contributed by atoms with E-state index < -0.39 is 15.6 Å². The van der Waals surface area contributed by atoms with Crippen molar-refractivity contribution in [2.45, 2.75) is 65.3 Å². The van der Waals surface area contributed by atoms with Crippen molar-refractivity contribution in [2.24, 2.45) is 11.3 Å². The van der Waals surface area contributed by atoms with Gasteiger partial charge in [-0.25, -0.2) is 13.1 Å². The van der Waals surface area contributed by atoms with E-state index >= 15 is 0 Å². The van der Waals surface area contributed by atoms with Crippen LogP contribution in [0, 0.1) is 11.3 Å². The monoisotopic (exact) mass is 309 g/mol. The van der Waals surface area contributed by atoms with E-state index in [1.807, 2.05) is 0 Å². The summed E-state index contributed by atoms with van der Waals surface area (Å²) >= 11 is 6.07. The molecule has 19 heavy (non-hydrogen) atoms. The molecule has 114 valence electrons. The fourth-order valence-electron chi connectivity index (χ4n) is 2.72. The molecule has 0 radical (unpaired) electrons. The summed E-state index contributed by atoms with van der Waals surface area (Å²) in [6, 6.07) is 0. The first-order chi connectivity index (χ1) is 8.58. The van der Waals surface area contributed by atoms with Crippen molar-refractivity contribution >= 4 is 21.6 Å². The van der Waals surface area contributed by atoms with Gasteiger partial charge >= 0.3 is 0 Å². The highest BCUT2D eigenvalue weighted by molar-refractivity contribution is 7.89. The Balaban J connectivity index is 2.69. The quantitative estimate of drug-likeness (QED) is 0.790. The number of halogens is 1. The molecule has 1 saturated carbocycles. The van der Waals surface area contributed by atoms with Gasteiger partial charge in [0.15, 0.2) is 0 Å². The lowest BCUT2D eigenvalue weighted by molar-refractivity contribution is 0.238. The van der Waals surface area contributed by atoms with Gasteiger partial charge in [-0.3, -0.25) is 0 Å². The maximum atomic E-state index is 12.2. The number of hydrogen-bond acceptors (Lipinski definition) is 2. The molecule has 0 bridgehead atoms. The van der Waals surface area contributed by atoms with E-state index in [4.69, 9.17) is 11.6 Å². The SMILES string of the molecule is CC1CCCC(CCl)(NS(=O)(=O)CCC(C)(C)C)C1. The minimum Gasteiger partial charge on any atom is -0.212 e. The second kappa shape index (κ2) is 6.31.